The van der Waals surface area contributed by atoms with Crippen LogP contribution in [0.5, 0.6) is 0 Å². The summed E-state index contributed by atoms with van der Waals surface area (Å²) in [6.07, 6.45) is 3.24. The van der Waals surface area contributed by atoms with Crippen LogP contribution in [0.1, 0.15) is 50.4 Å². The van der Waals surface area contributed by atoms with Gasteiger partial charge in [-0.3, -0.25) is 9.59 Å². The summed E-state index contributed by atoms with van der Waals surface area (Å²) in [5.74, 6) is 2.11. The van der Waals surface area contributed by atoms with Gasteiger partial charge in [0.1, 0.15) is 0 Å². The van der Waals surface area contributed by atoms with Gasteiger partial charge < -0.3 is 15.5 Å². The molecule has 1 heterocycles. The Morgan fingerprint density at radius 2 is 1.81 bits per heavy atom. The molecule has 0 spiro atoms. The third kappa shape index (κ3) is 5.80. The molecule has 0 aromatic heterocycles. The van der Waals surface area contributed by atoms with Crippen molar-refractivity contribution in [3.8, 4) is 0 Å². The molecule has 27 heavy (non-hydrogen) atoms. The maximum Gasteiger partial charge on any atom is 0.251 e. The number of nitrogens with one attached hydrogen (secondary N) is 2. The molecule has 1 aliphatic carbocycles. The Labute approximate surface area is 162 Å². The van der Waals surface area contributed by atoms with Gasteiger partial charge in [-0.15, -0.1) is 0 Å². The van der Waals surface area contributed by atoms with Gasteiger partial charge in [0.25, 0.3) is 5.91 Å². The predicted molar refractivity (Wildman–Crippen MR) is 109 cm³/mol. The highest BCUT2D eigenvalue weighted by molar-refractivity contribution is 5.98. The van der Waals surface area contributed by atoms with Crippen molar-refractivity contribution in [3.05, 3.63) is 29.8 Å². The van der Waals surface area contributed by atoms with E-state index in [1.807, 2.05) is 12.1 Å². The number of rotatable bonds is 7. The molecule has 4 atom stereocenters. The van der Waals surface area contributed by atoms with E-state index >= 15 is 0 Å². The molecule has 1 aromatic carbocycles. The number of amides is 2. The summed E-state index contributed by atoms with van der Waals surface area (Å²) in [4.78, 5) is 27.0. The zero-order valence-electron chi connectivity index (χ0n) is 16.8. The molecule has 2 amide bonds. The minimum Gasteiger partial charge on any atom is -0.352 e. The zero-order valence-corrected chi connectivity index (χ0v) is 16.8. The molecule has 5 heteroatoms. The van der Waals surface area contributed by atoms with Crippen LogP contribution in [0, 0.1) is 23.7 Å². The molecule has 2 fully saturated rings. The fourth-order valence-electron chi connectivity index (χ4n) is 4.24. The van der Waals surface area contributed by atoms with Crippen molar-refractivity contribution in [2.24, 2.45) is 23.7 Å². The summed E-state index contributed by atoms with van der Waals surface area (Å²) < 4.78 is 0. The molecule has 1 aromatic rings. The average Bonchev–Trinajstić information content (AvgIpc) is 3.35. The molecular formula is C22H33N3O2. The first-order chi connectivity index (χ1) is 12.9. The molecule has 2 aliphatic rings. The van der Waals surface area contributed by atoms with E-state index in [9.17, 15) is 9.59 Å². The third-order valence-electron chi connectivity index (χ3n) is 5.72. The van der Waals surface area contributed by atoms with Gasteiger partial charge in [-0.2, -0.15) is 0 Å². The molecule has 0 radical (unpaired) electrons. The maximum atomic E-state index is 12.4. The second kappa shape index (κ2) is 8.87. The summed E-state index contributed by atoms with van der Waals surface area (Å²) in [5, 5.41) is 5.93. The Morgan fingerprint density at radius 1 is 1.11 bits per heavy atom. The van der Waals surface area contributed by atoms with Crippen molar-refractivity contribution >= 4 is 17.5 Å². The van der Waals surface area contributed by atoms with Gasteiger partial charge in [0, 0.05) is 36.8 Å². The molecular weight excluding hydrogens is 338 g/mol. The number of anilines is 1. The Balaban J connectivity index is 1.41. The molecule has 3 rings (SSSR count). The van der Waals surface area contributed by atoms with Crippen LogP contribution in [0.15, 0.2) is 24.3 Å². The van der Waals surface area contributed by atoms with E-state index in [0.29, 0.717) is 23.7 Å². The van der Waals surface area contributed by atoms with Crippen LogP contribution in [0.25, 0.3) is 0 Å². The first-order valence-corrected chi connectivity index (χ1v) is 10.3. The summed E-state index contributed by atoms with van der Waals surface area (Å²) in [6.45, 7) is 10.8. The molecule has 148 valence electrons. The second-order valence-electron chi connectivity index (χ2n) is 8.70. The summed E-state index contributed by atoms with van der Waals surface area (Å²) in [7, 11) is 0. The quantitative estimate of drug-likeness (QED) is 0.723. The lowest BCUT2D eigenvalue weighted by atomic mass is 9.92. The minimum absolute atomic E-state index is 0.0602. The summed E-state index contributed by atoms with van der Waals surface area (Å²) in [6, 6.07) is 7.20. The Hall–Kier alpha value is -1.88. The summed E-state index contributed by atoms with van der Waals surface area (Å²) >= 11 is 0. The van der Waals surface area contributed by atoms with Gasteiger partial charge in [-0.1, -0.05) is 26.8 Å². The average molecular weight is 372 g/mol. The van der Waals surface area contributed by atoms with E-state index in [0.717, 1.165) is 31.2 Å². The lowest BCUT2D eigenvalue weighted by Crippen LogP contribution is -2.40. The highest BCUT2D eigenvalue weighted by Crippen LogP contribution is 2.38. The maximum absolute atomic E-state index is 12.4. The zero-order chi connectivity index (χ0) is 19.4. The van der Waals surface area contributed by atoms with E-state index in [1.165, 1.54) is 19.5 Å². The van der Waals surface area contributed by atoms with E-state index in [4.69, 9.17) is 0 Å². The number of carbonyl (C=O) groups is 2. The number of hydrogen-bond donors (Lipinski definition) is 2. The van der Waals surface area contributed by atoms with Crippen molar-refractivity contribution in [1.29, 1.82) is 0 Å². The lowest BCUT2D eigenvalue weighted by Gasteiger charge is -2.34. The van der Waals surface area contributed by atoms with Crippen LogP contribution < -0.4 is 10.6 Å². The second-order valence-corrected chi connectivity index (χ2v) is 8.70. The van der Waals surface area contributed by atoms with E-state index in [1.54, 1.807) is 12.1 Å². The van der Waals surface area contributed by atoms with Crippen molar-refractivity contribution in [2.45, 2.75) is 40.0 Å². The van der Waals surface area contributed by atoms with Crippen LogP contribution in [0.3, 0.4) is 0 Å². The van der Waals surface area contributed by atoms with Crippen molar-refractivity contribution < 1.29 is 9.59 Å². The monoisotopic (exact) mass is 371 g/mol. The number of piperidine rings is 1. The van der Waals surface area contributed by atoms with Crippen LogP contribution >= 0.6 is 0 Å². The van der Waals surface area contributed by atoms with Gasteiger partial charge in [-0.05, 0) is 61.8 Å². The van der Waals surface area contributed by atoms with E-state index < -0.39 is 0 Å². The normalized spacial score (nSPS) is 27.8. The third-order valence-corrected chi connectivity index (χ3v) is 5.72. The minimum atomic E-state index is -0.0775. The molecule has 5 nitrogen and oxygen atoms in total. The van der Waals surface area contributed by atoms with E-state index in [2.05, 4.69) is 36.3 Å². The number of benzene rings is 1. The fraction of sp³-hybridized carbons (Fsp3) is 0.636. The molecule has 1 aliphatic heterocycles. The largest absolute Gasteiger partial charge is 0.352 e. The van der Waals surface area contributed by atoms with Crippen molar-refractivity contribution in [1.82, 2.24) is 10.2 Å². The smallest absolute Gasteiger partial charge is 0.251 e. The number of likely N-dealkylation sites (tertiary alicyclic amines) is 1. The van der Waals surface area contributed by atoms with Crippen LogP contribution in [0.2, 0.25) is 0 Å². The van der Waals surface area contributed by atoms with Gasteiger partial charge in [0.05, 0.1) is 0 Å². The summed E-state index contributed by atoms with van der Waals surface area (Å²) in [5.41, 5.74) is 1.29. The fourth-order valence-corrected chi connectivity index (χ4v) is 4.24. The molecule has 0 bridgehead atoms. The SMILES string of the molecule is CC1CC(C)CN(CCCNC(=O)c2cccc(NC(=O)C3CC3C)c2)C1. The van der Waals surface area contributed by atoms with Gasteiger partial charge >= 0.3 is 0 Å². The van der Waals surface area contributed by atoms with Crippen LogP contribution in [-0.4, -0.2) is 42.9 Å². The molecule has 1 saturated heterocycles. The number of nitrogens with zero attached hydrogens (tertiary/aromatic N) is 1. The topological polar surface area (TPSA) is 61.4 Å². The number of carbonyl (C=O) groups excluding carboxylic acids is 2. The first-order valence-electron chi connectivity index (χ1n) is 10.3. The molecule has 4 unspecified atom stereocenters. The first kappa shape index (κ1) is 19.9. The molecule has 1 saturated carbocycles. The standard InChI is InChI=1S/C22H33N3O2/c1-15-10-16(2)14-25(13-15)9-5-8-23-21(26)18-6-4-7-19(12-18)24-22(27)20-11-17(20)3/h4,6-7,12,15-17,20H,5,8-11,13-14H2,1-3H3,(H,23,26)(H,24,27). The highest BCUT2D eigenvalue weighted by atomic mass is 16.2. The number of hydrogen-bond acceptors (Lipinski definition) is 3. The van der Waals surface area contributed by atoms with Crippen LogP contribution in [-0.2, 0) is 4.79 Å². The van der Waals surface area contributed by atoms with Gasteiger partial charge in [0.2, 0.25) is 5.91 Å². The van der Waals surface area contributed by atoms with Gasteiger partial charge in [-0.25, -0.2) is 0 Å². The predicted octanol–water partition coefficient (Wildman–Crippen LogP) is 3.38. The Morgan fingerprint density at radius 3 is 2.48 bits per heavy atom. The van der Waals surface area contributed by atoms with Gasteiger partial charge in [0.15, 0.2) is 0 Å². The highest BCUT2D eigenvalue weighted by Gasteiger charge is 2.39. The van der Waals surface area contributed by atoms with Crippen LogP contribution in [0.4, 0.5) is 5.69 Å². The van der Waals surface area contributed by atoms with E-state index in [-0.39, 0.29) is 17.7 Å². The van der Waals surface area contributed by atoms with Crippen molar-refractivity contribution in [2.75, 3.05) is 31.5 Å². The Kier molecular flexibility index (Phi) is 6.53. The lowest BCUT2D eigenvalue weighted by molar-refractivity contribution is -0.117. The Bertz CT molecular complexity index is 665. The van der Waals surface area contributed by atoms with Crippen molar-refractivity contribution in [3.63, 3.8) is 0 Å². The molecule has 2 N–H and O–H groups in total.